The van der Waals surface area contributed by atoms with Gasteiger partial charge in [-0.2, -0.15) is 4.37 Å². The van der Waals surface area contributed by atoms with Gasteiger partial charge < -0.3 is 14.4 Å². The maximum absolute atomic E-state index is 6.16. The van der Waals surface area contributed by atoms with Crippen molar-refractivity contribution in [3.8, 4) is 5.75 Å². The Labute approximate surface area is 147 Å². The highest BCUT2D eigenvalue weighted by Crippen LogP contribution is 2.31. The van der Waals surface area contributed by atoms with Gasteiger partial charge in [0, 0.05) is 18.1 Å². The van der Waals surface area contributed by atoms with Gasteiger partial charge in [-0.3, -0.25) is 4.98 Å². The number of aromatic nitrogens is 3. The highest BCUT2D eigenvalue weighted by Gasteiger charge is 2.33. The lowest BCUT2D eigenvalue weighted by atomic mass is 10.1. The third-order valence-electron chi connectivity index (χ3n) is 4.15. The van der Waals surface area contributed by atoms with Crippen LogP contribution in [0.3, 0.4) is 0 Å². The summed E-state index contributed by atoms with van der Waals surface area (Å²) in [6.07, 6.45) is 4.11. The Bertz CT molecular complexity index is 671. The second kappa shape index (κ2) is 7.03. The first kappa shape index (κ1) is 17.1. The van der Waals surface area contributed by atoms with Gasteiger partial charge in [0.2, 0.25) is 5.13 Å². The molecular weight excluding hydrogens is 324 g/mol. The molecule has 24 heavy (non-hydrogen) atoms. The number of rotatable bonds is 6. The highest BCUT2D eigenvalue weighted by atomic mass is 32.1. The second-order valence-electron chi connectivity index (χ2n) is 6.73. The predicted octanol–water partition coefficient (Wildman–Crippen LogP) is 3.21. The lowest BCUT2D eigenvalue weighted by Crippen LogP contribution is -2.33. The molecule has 7 heteroatoms. The van der Waals surface area contributed by atoms with Crippen LogP contribution in [0.5, 0.6) is 5.75 Å². The molecule has 130 valence electrons. The third-order valence-corrected chi connectivity index (χ3v) is 5.02. The summed E-state index contributed by atoms with van der Waals surface area (Å²) in [6, 6.07) is 3.92. The molecule has 0 bridgehead atoms. The molecule has 0 saturated carbocycles. The quantitative estimate of drug-likeness (QED) is 0.799. The Morgan fingerprint density at radius 1 is 1.42 bits per heavy atom. The van der Waals surface area contributed by atoms with Crippen LogP contribution in [0.1, 0.15) is 38.2 Å². The topological polar surface area (TPSA) is 60.4 Å². The van der Waals surface area contributed by atoms with Crippen LogP contribution in [-0.2, 0) is 11.3 Å². The fraction of sp³-hybridized carbons (Fsp3) is 0.588. The van der Waals surface area contributed by atoms with Crippen LogP contribution in [0.25, 0.3) is 0 Å². The van der Waals surface area contributed by atoms with E-state index in [0.717, 1.165) is 41.8 Å². The maximum Gasteiger partial charge on any atom is 0.205 e. The first-order chi connectivity index (χ1) is 11.4. The molecule has 0 aliphatic carbocycles. The Hall–Kier alpha value is -1.73. The van der Waals surface area contributed by atoms with Crippen molar-refractivity contribution < 1.29 is 9.47 Å². The predicted molar refractivity (Wildman–Crippen MR) is 94.7 cm³/mol. The van der Waals surface area contributed by atoms with Crippen LogP contribution < -0.4 is 9.64 Å². The van der Waals surface area contributed by atoms with Crippen molar-refractivity contribution >= 4 is 16.7 Å². The Kier molecular flexibility index (Phi) is 5.01. The number of methoxy groups -OCH3 is 1. The number of hydrogen-bond donors (Lipinski definition) is 0. The standard InChI is InChI=1S/C17H24N4O2S/c1-12-19-16(24-20-12)21(11-15-7-8-17(2,3)23-15)10-13-5-6-14(22-4)9-18-13/h5-6,9,15H,7-8,10-11H2,1-4H3. The summed E-state index contributed by atoms with van der Waals surface area (Å²) in [5.41, 5.74) is 0.937. The summed E-state index contributed by atoms with van der Waals surface area (Å²) in [7, 11) is 1.65. The Balaban J connectivity index is 1.74. The molecule has 3 rings (SSSR count). The van der Waals surface area contributed by atoms with E-state index in [9.17, 15) is 0 Å². The van der Waals surface area contributed by atoms with Crippen LogP contribution in [0.2, 0.25) is 0 Å². The third kappa shape index (κ3) is 4.21. The average Bonchev–Trinajstić information content (AvgIpc) is 3.13. The molecule has 0 amide bonds. The number of aryl methyl sites for hydroxylation is 1. The fourth-order valence-corrected chi connectivity index (χ4v) is 3.58. The molecule has 2 aromatic heterocycles. The van der Waals surface area contributed by atoms with E-state index in [1.54, 1.807) is 13.3 Å². The smallest absolute Gasteiger partial charge is 0.205 e. The summed E-state index contributed by atoms with van der Waals surface area (Å²) in [4.78, 5) is 11.2. The van der Waals surface area contributed by atoms with E-state index >= 15 is 0 Å². The van der Waals surface area contributed by atoms with Crippen molar-refractivity contribution in [1.82, 2.24) is 14.3 Å². The summed E-state index contributed by atoms with van der Waals surface area (Å²) >= 11 is 1.42. The lowest BCUT2D eigenvalue weighted by molar-refractivity contribution is -0.0116. The van der Waals surface area contributed by atoms with Gasteiger partial charge in [-0.05, 0) is 45.7 Å². The monoisotopic (exact) mass is 348 g/mol. The normalized spacial score (nSPS) is 19.4. The van der Waals surface area contributed by atoms with Gasteiger partial charge in [0.25, 0.3) is 0 Å². The largest absolute Gasteiger partial charge is 0.495 e. The molecule has 1 aliphatic heterocycles. The molecule has 0 spiro atoms. The van der Waals surface area contributed by atoms with Gasteiger partial charge in [0.05, 0.1) is 37.3 Å². The number of ether oxygens (including phenoxy) is 2. The van der Waals surface area contributed by atoms with E-state index < -0.39 is 0 Å². The van der Waals surface area contributed by atoms with Crippen LogP contribution in [0.15, 0.2) is 18.3 Å². The first-order valence-electron chi connectivity index (χ1n) is 8.17. The SMILES string of the molecule is COc1ccc(CN(CC2CCC(C)(C)O2)c2nc(C)ns2)nc1. The summed E-state index contributed by atoms with van der Waals surface area (Å²) in [6.45, 7) is 7.69. The van der Waals surface area contributed by atoms with Gasteiger partial charge in [0.1, 0.15) is 11.6 Å². The lowest BCUT2D eigenvalue weighted by Gasteiger charge is -2.26. The van der Waals surface area contributed by atoms with Crippen LogP contribution in [0, 0.1) is 6.92 Å². The van der Waals surface area contributed by atoms with E-state index in [1.165, 1.54) is 11.5 Å². The minimum atomic E-state index is -0.0360. The van der Waals surface area contributed by atoms with Crippen molar-refractivity contribution in [2.45, 2.75) is 51.9 Å². The molecule has 0 aromatic carbocycles. The van der Waals surface area contributed by atoms with Crippen molar-refractivity contribution in [2.75, 3.05) is 18.6 Å². The zero-order valence-corrected chi connectivity index (χ0v) is 15.5. The van der Waals surface area contributed by atoms with E-state index in [1.807, 2.05) is 19.1 Å². The molecule has 1 unspecified atom stereocenters. The molecule has 3 heterocycles. The summed E-state index contributed by atoms with van der Waals surface area (Å²) in [5.74, 6) is 1.56. The molecule has 0 radical (unpaired) electrons. The summed E-state index contributed by atoms with van der Waals surface area (Å²) in [5, 5.41) is 0.915. The van der Waals surface area contributed by atoms with Gasteiger partial charge >= 0.3 is 0 Å². The first-order valence-corrected chi connectivity index (χ1v) is 8.94. The summed E-state index contributed by atoms with van der Waals surface area (Å²) < 4.78 is 15.6. The Morgan fingerprint density at radius 3 is 2.79 bits per heavy atom. The minimum Gasteiger partial charge on any atom is -0.495 e. The molecular formula is C17H24N4O2S. The molecule has 2 aromatic rings. The zero-order valence-electron chi connectivity index (χ0n) is 14.7. The van der Waals surface area contributed by atoms with Crippen molar-refractivity contribution in [1.29, 1.82) is 0 Å². The van der Waals surface area contributed by atoms with Gasteiger partial charge in [-0.1, -0.05) is 0 Å². The van der Waals surface area contributed by atoms with Crippen LogP contribution >= 0.6 is 11.5 Å². The van der Waals surface area contributed by atoms with E-state index in [2.05, 4.69) is 33.1 Å². The molecule has 6 nitrogen and oxygen atoms in total. The second-order valence-corrected chi connectivity index (χ2v) is 7.46. The molecule has 1 aliphatic rings. The number of pyridine rings is 1. The van der Waals surface area contributed by atoms with Gasteiger partial charge in [0.15, 0.2) is 0 Å². The molecule has 1 saturated heterocycles. The van der Waals surface area contributed by atoms with Crippen molar-refractivity contribution in [2.24, 2.45) is 0 Å². The molecule has 0 N–H and O–H groups in total. The Morgan fingerprint density at radius 2 is 2.25 bits per heavy atom. The molecule has 1 fully saturated rings. The van der Waals surface area contributed by atoms with Gasteiger partial charge in [-0.25, -0.2) is 4.98 Å². The average molecular weight is 348 g/mol. The minimum absolute atomic E-state index is 0.0360. The van der Waals surface area contributed by atoms with Crippen molar-refractivity contribution in [3.63, 3.8) is 0 Å². The maximum atomic E-state index is 6.16. The number of nitrogens with zero attached hydrogens (tertiary/aromatic N) is 4. The highest BCUT2D eigenvalue weighted by molar-refractivity contribution is 7.09. The van der Waals surface area contributed by atoms with E-state index in [4.69, 9.17) is 9.47 Å². The van der Waals surface area contributed by atoms with Crippen LogP contribution in [0.4, 0.5) is 5.13 Å². The van der Waals surface area contributed by atoms with E-state index in [-0.39, 0.29) is 11.7 Å². The molecule has 1 atom stereocenters. The number of anilines is 1. The van der Waals surface area contributed by atoms with Gasteiger partial charge in [-0.15, -0.1) is 0 Å². The van der Waals surface area contributed by atoms with E-state index in [0.29, 0.717) is 6.54 Å². The van der Waals surface area contributed by atoms with Crippen molar-refractivity contribution in [3.05, 3.63) is 29.8 Å². The zero-order chi connectivity index (χ0) is 17.2. The number of hydrogen-bond acceptors (Lipinski definition) is 7. The van der Waals surface area contributed by atoms with Crippen LogP contribution in [-0.4, -0.2) is 39.7 Å². The fourth-order valence-electron chi connectivity index (χ4n) is 2.90.